The van der Waals surface area contributed by atoms with Crippen molar-refractivity contribution in [2.75, 3.05) is 54.6 Å². The summed E-state index contributed by atoms with van der Waals surface area (Å²) in [4.78, 5) is 26.8. The lowest BCUT2D eigenvalue weighted by Gasteiger charge is -2.20. The summed E-state index contributed by atoms with van der Waals surface area (Å²) in [6, 6.07) is 0. The molecule has 0 atom stereocenters. The summed E-state index contributed by atoms with van der Waals surface area (Å²) in [6.07, 6.45) is 0. The van der Waals surface area contributed by atoms with E-state index in [1.54, 1.807) is 0 Å². The Kier molecular flexibility index (Phi) is 18.7. The minimum atomic E-state index is -3.69. The normalized spacial score (nSPS) is 13.0. The van der Waals surface area contributed by atoms with Crippen LogP contribution < -0.4 is 0 Å². The highest BCUT2D eigenvalue weighted by Crippen LogP contribution is 2.51. The minimum Gasteiger partial charge on any atom is -0.407 e. The lowest BCUT2D eigenvalue weighted by molar-refractivity contribution is -0.127. The fourth-order valence-corrected chi connectivity index (χ4v) is 4.19. The molecule has 0 spiro atoms. The molecule has 0 bridgehead atoms. The Morgan fingerprint density at radius 1 is 0.611 bits per heavy atom. The number of phosphoric acid groups is 2. The summed E-state index contributed by atoms with van der Waals surface area (Å²) in [5.41, 5.74) is 0. The maximum atomic E-state index is 11.9. The predicted molar refractivity (Wildman–Crippen MR) is 138 cm³/mol. The molecule has 0 fully saturated rings. The number of likely N-dealkylation sites (N-methyl/N-ethyl adjacent to an activating group) is 2. The summed E-state index contributed by atoms with van der Waals surface area (Å²) in [5, 5.41) is -0.291. The molecule has 0 aromatic heterocycles. The van der Waals surface area contributed by atoms with Gasteiger partial charge in [0.05, 0.1) is 0 Å². The average Bonchev–Trinajstić information content (AvgIpc) is 2.88. The third kappa shape index (κ3) is 12.0. The molecule has 12 nitrogen and oxygen atoms in total. The van der Waals surface area contributed by atoms with Crippen LogP contribution in [0.25, 0.3) is 0 Å². The van der Waals surface area contributed by atoms with Crippen LogP contribution in [0.2, 0.25) is 0 Å². The van der Waals surface area contributed by atoms with Gasteiger partial charge in [0.15, 0.2) is 0 Å². The van der Waals surface area contributed by atoms with Crippen LogP contribution in [0.5, 0.6) is 0 Å². The van der Waals surface area contributed by atoms with Crippen molar-refractivity contribution < 1.29 is 45.9 Å². The summed E-state index contributed by atoms with van der Waals surface area (Å²) in [7, 11) is -2.67. The molecule has 0 aliphatic heterocycles. The Hall–Kier alpha value is -1.10. The van der Waals surface area contributed by atoms with Gasteiger partial charge in [0.25, 0.3) is 11.8 Å². The van der Waals surface area contributed by atoms with Gasteiger partial charge in [-0.1, -0.05) is 23.2 Å². The first-order valence-electron chi connectivity index (χ1n) is 10.8. The maximum Gasteiger partial charge on any atom is 0.529 e. The van der Waals surface area contributed by atoms with Crippen molar-refractivity contribution in [1.82, 2.24) is 9.80 Å². The van der Waals surface area contributed by atoms with Gasteiger partial charge in [0.1, 0.15) is 21.6 Å². The second-order valence-corrected chi connectivity index (χ2v) is 10.9. The van der Waals surface area contributed by atoms with Gasteiger partial charge in [0.2, 0.25) is 0 Å². The smallest absolute Gasteiger partial charge is 0.407 e. The first-order valence-corrected chi connectivity index (χ1v) is 14.5. The van der Waals surface area contributed by atoms with Crippen molar-refractivity contribution in [3.05, 3.63) is 21.6 Å². The largest absolute Gasteiger partial charge is 0.529 e. The number of carbonyl (C=O) groups excluding carboxylic acids is 2. The van der Waals surface area contributed by atoms with E-state index in [9.17, 15) is 18.7 Å². The number of hydrogen-bond acceptors (Lipinski definition) is 10. The topological polar surface area (TPSA) is 130 Å². The Morgan fingerprint density at radius 3 is 1.00 bits per heavy atom. The van der Waals surface area contributed by atoms with Crippen LogP contribution in [0.1, 0.15) is 41.5 Å². The average molecular weight is 599 g/mol. The van der Waals surface area contributed by atoms with Gasteiger partial charge >= 0.3 is 15.6 Å². The number of allylic oxidation sites excluding steroid dienone is 2. The fraction of sp³-hybridized carbons (Fsp3) is 0.700. The number of rotatable bonds is 14. The molecule has 0 saturated carbocycles. The lowest BCUT2D eigenvalue weighted by atomic mass is 10.4. The van der Waals surface area contributed by atoms with Crippen molar-refractivity contribution >= 4 is 50.7 Å². The van der Waals surface area contributed by atoms with Gasteiger partial charge in [-0.25, -0.2) is 9.13 Å². The lowest BCUT2D eigenvalue weighted by Crippen LogP contribution is -2.31. The molecule has 2 amide bonds. The Bertz CT molecular complexity index is 789. The molecule has 0 aromatic rings. The van der Waals surface area contributed by atoms with Gasteiger partial charge in [-0.3, -0.25) is 27.7 Å². The number of halogens is 2. The van der Waals surface area contributed by atoms with E-state index in [2.05, 4.69) is 18.1 Å². The SMILES string of the molecule is CCN(CC)C(=O)/C(Cl)=C(\C)OP(=O)(OC)OC.CCN(CC)C(=O)/C(Cl)=C(\C)OP(=O)(OC)OC. The van der Waals surface area contributed by atoms with Crippen LogP contribution in [-0.4, -0.2) is 76.2 Å². The zero-order chi connectivity index (χ0) is 28.7. The van der Waals surface area contributed by atoms with Crippen molar-refractivity contribution in [3.8, 4) is 0 Å². The van der Waals surface area contributed by atoms with Crippen molar-refractivity contribution in [2.24, 2.45) is 0 Å². The van der Waals surface area contributed by atoms with E-state index >= 15 is 0 Å². The minimum absolute atomic E-state index is 0.000556. The Morgan fingerprint density at radius 2 is 0.833 bits per heavy atom. The van der Waals surface area contributed by atoms with Crippen LogP contribution in [0.4, 0.5) is 0 Å². The maximum absolute atomic E-state index is 11.9. The molecule has 0 aromatic carbocycles. The molecular weight excluding hydrogens is 561 g/mol. The van der Waals surface area contributed by atoms with Gasteiger partial charge in [0, 0.05) is 54.6 Å². The molecule has 36 heavy (non-hydrogen) atoms. The molecule has 0 rings (SSSR count). The Balaban J connectivity index is 0. The van der Waals surface area contributed by atoms with Crippen LogP contribution >= 0.6 is 38.8 Å². The Labute approximate surface area is 224 Å². The second kappa shape index (κ2) is 18.2. The van der Waals surface area contributed by atoms with E-state index in [0.717, 1.165) is 0 Å². The highest BCUT2D eigenvalue weighted by Gasteiger charge is 2.28. The molecule has 0 aliphatic rings. The summed E-state index contributed by atoms with van der Waals surface area (Å²) < 4.78 is 51.7. The van der Waals surface area contributed by atoms with Crippen LogP contribution in [0, 0.1) is 0 Å². The van der Waals surface area contributed by atoms with E-state index < -0.39 is 27.5 Å². The molecule has 212 valence electrons. The van der Waals surface area contributed by atoms with E-state index in [1.165, 1.54) is 52.1 Å². The molecule has 0 unspecified atom stereocenters. The van der Waals surface area contributed by atoms with E-state index in [1.807, 2.05) is 27.7 Å². The zero-order valence-electron chi connectivity index (χ0n) is 22.5. The number of nitrogens with zero attached hydrogens (tertiary/aromatic N) is 2. The number of carbonyl (C=O) groups is 2. The summed E-state index contributed by atoms with van der Waals surface area (Å²) in [6.45, 7) is 12.2. The predicted octanol–water partition coefficient (Wildman–Crippen LogP) is 5.49. The highest BCUT2D eigenvalue weighted by atomic mass is 35.5. The standard InChI is InChI=1S/2C10H19ClNO5P/c2*1-6-12(7-2)10(13)9(11)8(3)17-18(14,15-4)16-5/h2*6-7H2,1-5H3/b2*9-8-. The van der Waals surface area contributed by atoms with E-state index in [-0.39, 0.29) is 21.6 Å². The molecule has 0 heterocycles. The van der Waals surface area contributed by atoms with Gasteiger partial charge in [-0.2, -0.15) is 0 Å². The molecule has 0 aliphatic carbocycles. The zero-order valence-corrected chi connectivity index (χ0v) is 25.8. The second-order valence-electron chi connectivity index (χ2n) is 6.50. The third-order valence-electron chi connectivity index (χ3n) is 4.49. The number of hydrogen-bond donors (Lipinski definition) is 0. The van der Waals surface area contributed by atoms with Crippen molar-refractivity contribution in [2.45, 2.75) is 41.5 Å². The van der Waals surface area contributed by atoms with Gasteiger partial charge in [-0.05, 0) is 41.5 Å². The van der Waals surface area contributed by atoms with Gasteiger partial charge < -0.3 is 18.8 Å². The van der Waals surface area contributed by atoms with Crippen LogP contribution in [-0.2, 0) is 45.9 Å². The van der Waals surface area contributed by atoms with Crippen molar-refractivity contribution in [1.29, 1.82) is 0 Å². The first kappa shape index (κ1) is 37.1. The van der Waals surface area contributed by atoms with E-state index in [4.69, 9.17) is 32.2 Å². The van der Waals surface area contributed by atoms with Crippen molar-refractivity contribution in [3.63, 3.8) is 0 Å². The summed E-state index contributed by atoms with van der Waals surface area (Å²) in [5.74, 6) is -0.781. The van der Waals surface area contributed by atoms with Crippen LogP contribution in [0.15, 0.2) is 21.6 Å². The molecule has 0 saturated heterocycles. The molecule has 16 heteroatoms. The third-order valence-corrected chi connectivity index (χ3v) is 8.13. The molecular formula is C20H38Cl2N2O10P2. The van der Waals surface area contributed by atoms with Crippen LogP contribution in [0.3, 0.4) is 0 Å². The highest BCUT2D eigenvalue weighted by molar-refractivity contribution is 7.48. The molecule has 0 N–H and O–H groups in total. The van der Waals surface area contributed by atoms with E-state index in [0.29, 0.717) is 26.2 Å². The first-order chi connectivity index (χ1) is 16.7. The quantitative estimate of drug-likeness (QED) is 0.144. The summed E-state index contributed by atoms with van der Waals surface area (Å²) >= 11 is 11.8. The van der Waals surface area contributed by atoms with Gasteiger partial charge in [-0.15, -0.1) is 0 Å². The monoisotopic (exact) mass is 598 g/mol. The number of phosphoric ester groups is 2. The number of amides is 2. The fourth-order valence-electron chi connectivity index (χ4n) is 2.31. The molecule has 0 radical (unpaired) electrons.